The minimum absolute atomic E-state index is 0.00332. The third-order valence-electron chi connectivity index (χ3n) is 3.93. The molecule has 1 aromatic heterocycles. The number of rotatable bonds is 8. The minimum Gasteiger partial charge on any atom is -0.383 e. The van der Waals surface area contributed by atoms with Crippen molar-refractivity contribution in [2.45, 2.75) is 24.4 Å². The van der Waals surface area contributed by atoms with Crippen LogP contribution in [0, 0.1) is 0 Å². The van der Waals surface area contributed by atoms with Gasteiger partial charge in [-0.2, -0.15) is 0 Å². The molecule has 0 aliphatic rings. The van der Waals surface area contributed by atoms with E-state index in [0.29, 0.717) is 11.2 Å². The first kappa shape index (κ1) is 19.9. The largest absolute Gasteiger partial charge is 0.383 e. The number of fused-ring (bicyclic) bond motifs is 1. The third-order valence-corrected chi connectivity index (χ3v) is 5.54. The summed E-state index contributed by atoms with van der Waals surface area (Å²) in [7, 11) is -2.15. The predicted octanol–water partition coefficient (Wildman–Crippen LogP) is 1.38. The van der Waals surface area contributed by atoms with Crippen molar-refractivity contribution in [3.63, 3.8) is 0 Å². The molecule has 2 aromatic carbocycles. The third kappa shape index (κ3) is 4.71. The maximum absolute atomic E-state index is 12.3. The fraction of sp³-hybridized carbons (Fsp3) is 0.278. The van der Waals surface area contributed by atoms with Gasteiger partial charge in [0.15, 0.2) is 0 Å². The molecule has 28 heavy (non-hydrogen) atoms. The summed E-state index contributed by atoms with van der Waals surface area (Å²) in [5.41, 5.74) is 1.95. The van der Waals surface area contributed by atoms with E-state index in [1.807, 2.05) is 24.3 Å². The zero-order chi connectivity index (χ0) is 20.1. The van der Waals surface area contributed by atoms with Crippen molar-refractivity contribution in [3.05, 3.63) is 48.5 Å². The number of nitrogens with one attached hydrogen (secondary N) is 2. The van der Waals surface area contributed by atoms with Gasteiger partial charge in [0.05, 0.1) is 17.0 Å². The van der Waals surface area contributed by atoms with Crippen LogP contribution in [-0.2, 0) is 26.1 Å². The number of carbonyl (C=O) groups excluding carboxylic acids is 1. The molecule has 0 bridgehead atoms. The van der Waals surface area contributed by atoms with Gasteiger partial charge in [-0.05, 0) is 43.3 Å². The van der Waals surface area contributed by atoms with Gasteiger partial charge in [-0.3, -0.25) is 4.79 Å². The van der Waals surface area contributed by atoms with E-state index in [2.05, 4.69) is 20.4 Å². The highest BCUT2D eigenvalue weighted by Gasteiger charge is 2.17. The normalized spacial score (nSPS) is 12.8. The molecule has 3 rings (SSSR count). The zero-order valence-corrected chi connectivity index (χ0v) is 16.3. The second-order valence-electron chi connectivity index (χ2n) is 6.29. The first-order chi connectivity index (χ1) is 13.4. The molecule has 2 N–H and O–H groups in total. The second kappa shape index (κ2) is 8.46. The van der Waals surface area contributed by atoms with Gasteiger partial charge in [0.2, 0.25) is 15.9 Å². The van der Waals surface area contributed by atoms with Crippen LogP contribution in [0.2, 0.25) is 0 Å². The Labute approximate surface area is 162 Å². The molecule has 0 fully saturated rings. The number of aromatic nitrogens is 3. The number of sulfonamides is 1. The Balaban J connectivity index is 1.64. The molecule has 148 valence electrons. The van der Waals surface area contributed by atoms with Crippen molar-refractivity contribution in [1.82, 2.24) is 19.7 Å². The topological polar surface area (TPSA) is 115 Å². The molecule has 1 atom stereocenters. The van der Waals surface area contributed by atoms with E-state index >= 15 is 0 Å². The van der Waals surface area contributed by atoms with Crippen LogP contribution >= 0.6 is 0 Å². The molecule has 0 aliphatic carbocycles. The average Bonchev–Trinajstić information content (AvgIpc) is 3.05. The number of carbonyl (C=O) groups is 1. The van der Waals surface area contributed by atoms with Gasteiger partial charge in [0.25, 0.3) is 0 Å². The molecular weight excluding hydrogens is 382 g/mol. The zero-order valence-electron chi connectivity index (χ0n) is 15.5. The van der Waals surface area contributed by atoms with Crippen LogP contribution in [0.5, 0.6) is 0 Å². The van der Waals surface area contributed by atoms with E-state index in [0.717, 1.165) is 5.52 Å². The first-order valence-corrected chi connectivity index (χ1v) is 10.1. The molecule has 0 radical (unpaired) electrons. The summed E-state index contributed by atoms with van der Waals surface area (Å²) in [6, 6.07) is 12.9. The van der Waals surface area contributed by atoms with Crippen LogP contribution < -0.4 is 10.0 Å². The Kier molecular flexibility index (Phi) is 6.02. The van der Waals surface area contributed by atoms with Crippen LogP contribution in [0.25, 0.3) is 11.0 Å². The maximum atomic E-state index is 12.3. The van der Waals surface area contributed by atoms with E-state index in [1.165, 1.54) is 36.1 Å². The summed E-state index contributed by atoms with van der Waals surface area (Å²) in [4.78, 5) is 12.4. The Morgan fingerprint density at radius 3 is 2.61 bits per heavy atom. The number of nitrogens with zero attached hydrogens (tertiary/aromatic N) is 3. The average molecular weight is 403 g/mol. The highest BCUT2D eigenvalue weighted by molar-refractivity contribution is 7.89. The quantitative estimate of drug-likeness (QED) is 0.587. The second-order valence-corrected chi connectivity index (χ2v) is 8.00. The smallest absolute Gasteiger partial charge is 0.246 e. The monoisotopic (exact) mass is 403 g/mol. The highest BCUT2D eigenvalue weighted by Crippen LogP contribution is 2.15. The van der Waals surface area contributed by atoms with Gasteiger partial charge in [0.1, 0.15) is 12.1 Å². The summed E-state index contributed by atoms with van der Waals surface area (Å²) in [5, 5.41) is 10.7. The molecular formula is C18H21N5O4S. The number of hydrogen-bond acceptors (Lipinski definition) is 6. The van der Waals surface area contributed by atoms with E-state index in [9.17, 15) is 13.2 Å². The Morgan fingerprint density at radius 2 is 1.89 bits per heavy atom. The molecule has 0 spiro atoms. The summed E-state index contributed by atoms with van der Waals surface area (Å²) >= 11 is 0. The number of methoxy groups -OCH3 is 1. The predicted molar refractivity (Wildman–Crippen MR) is 104 cm³/mol. The summed E-state index contributed by atoms with van der Waals surface area (Å²) < 4.78 is 33.6. The highest BCUT2D eigenvalue weighted by atomic mass is 32.2. The molecule has 10 heteroatoms. The Bertz CT molecular complexity index is 1060. The SMILES string of the molecule is COCC(C)NS(=O)(=O)c1ccc(NC(=O)Cn2nnc3ccccc32)cc1. The maximum Gasteiger partial charge on any atom is 0.246 e. The Hall–Kier alpha value is -2.82. The van der Waals surface area contributed by atoms with Gasteiger partial charge < -0.3 is 10.1 Å². The van der Waals surface area contributed by atoms with Gasteiger partial charge in [0, 0.05) is 18.8 Å². The van der Waals surface area contributed by atoms with E-state index in [1.54, 1.807) is 6.92 Å². The summed E-state index contributed by atoms with van der Waals surface area (Å²) in [5.74, 6) is -0.293. The lowest BCUT2D eigenvalue weighted by atomic mass is 10.3. The van der Waals surface area contributed by atoms with Crippen LogP contribution in [0.1, 0.15) is 6.92 Å². The number of hydrogen-bond donors (Lipinski definition) is 2. The van der Waals surface area contributed by atoms with Crippen LogP contribution in [-0.4, -0.2) is 49.1 Å². The van der Waals surface area contributed by atoms with Crippen molar-refractivity contribution in [2.24, 2.45) is 0 Å². The van der Waals surface area contributed by atoms with Gasteiger partial charge in [-0.25, -0.2) is 17.8 Å². The minimum atomic E-state index is -3.66. The lowest BCUT2D eigenvalue weighted by Crippen LogP contribution is -2.35. The van der Waals surface area contributed by atoms with Crippen molar-refractivity contribution in [1.29, 1.82) is 0 Å². The van der Waals surface area contributed by atoms with Gasteiger partial charge in [-0.15, -0.1) is 5.10 Å². The molecule has 0 aliphatic heterocycles. The fourth-order valence-corrected chi connectivity index (χ4v) is 3.93. The standard InChI is InChI=1S/C18H21N5O4S/c1-13(12-27-2)21-28(25,26)15-9-7-14(8-10-15)19-18(24)11-23-17-6-4-3-5-16(17)20-22-23/h3-10,13,21H,11-12H2,1-2H3,(H,19,24). The van der Waals surface area contributed by atoms with E-state index in [4.69, 9.17) is 4.74 Å². The van der Waals surface area contributed by atoms with E-state index in [-0.39, 0.29) is 30.0 Å². The summed E-state index contributed by atoms with van der Waals surface area (Å²) in [6.45, 7) is 1.98. The fourth-order valence-electron chi connectivity index (χ4n) is 2.71. The molecule has 0 saturated carbocycles. The number of benzene rings is 2. The Morgan fingerprint density at radius 1 is 1.18 bits per heavy atom. The number of amides is 1. The van der Waals surface area contributed by atoms with Crippen LogP contribution in [0.3, 0.4) is 0 Å². The molecule has 1 heterocycles. The van der Waals surface area contributed by atoms with Crippen molar-refractivity contribution >= 4 is 32.7 Å². The number of ether oxygens (including phenoxy) is 1. The van der Waals surface area contributed by atoms with Gasteiger partial charge in [-0.1, -0.05) is 17.3 Å². The first-order valence-electron chi connectivity index (χ1n) is 8.58. The van der Waals surface area contributed by atoms with Crippen molar-refractivity contribution < 1.29 is 17.9 Å². The lowest BCUT2D eigenvalue weighted by molar-refractivity contribution is -0.116. The number of anilines is 1. The van der Waals surface area contributed by atoms with Crippen molar-refractivity contribution in [3.8, 4) is 0 Å². The van der Waals surface area contributed by atoms with Crippen LogP contribution in [0.15, 0.2) is 53.4 Å². The van der Waals surface area contributed by atoms with Crippen LogP contribution in [0.4, 0.5) is 5.69 Å². The summed E-state index contributed by atoms with van der Waals surface area (Å²) in [6.07, 6.45) is 0. The van der Waals surface area contributed by atoms with Crippen molar-refractivity contribution in [2.75, 3.05) is 19.0 Å². The number of para-hydroxylation sites is 1. The van der Waals surface area contributed by atoms with E-state index < -0.39 is 10.0 Å². The molecule has 0 saturated heterocycles. The lowest BCUT2D eigenvalue weighted by Gasteiger charge is -2.13. The molecule has 9 nitrogen and oxygen atoms in total. The molecule has 1 unspecified atom stereocenters. The molecule has 3 aromatic rings. The molecule has 1 amide bonds. The van der Waals surface area contributed by atoms with Gasteiger partial charge >= 0.3 is 0 Å².